The number of aromatic nitrogens is 1. The lowest BCUT2D eigenvalue weighted by molar-refractivity contribution is -0.142. The van der Waals surface area contributed by atoms with Crippen molar-refractivity contribution in [2.75, 3.05) is 40.0 Å². The fourth-order valence-electron chi connectivity index (χ4n) is 3.99. The average molecular weight is 402 g/mol. The van der Waals surface area contributed by atoms with Crippen LogP contribution in [0, 0.1) is 0 Å². The van der Waals surface area contributed by atoms with Gasteiger partial charge in [-0.1, -0.05) is 18.6 Å². The summed E-state index contributed by atoms with van der Waals surface area (Å²) in [5.74, 6) is 1.09. The normalized spacial score (nSPS) is 20.9. The quantitative estimate of drug-likeness (QED) is 0.771. The highest BCUT2D eigenvalue weighted by molar-refractivity contribution is 7.13. The van der Waals surface area contributed by atoms with Crippen LogP contribution in [0.15, 0.2) is 29.6 Å². The van der Waals surface area contributed by atoms with Gasteiger partial charge in [-0.2, -0.15) is 0 Å². The van der Waals surface area contributed by atoms with Gasteiger partial charge in [0.1, 0.15) is 10.8 Å². The van der Waals surface area contributed by atoms with Gasteiger partial charge in [-0.05, 0) is 31.5 Å². The molecule has 3 heterocycles. The number of carbonyl (C=O) groups excluding carboxylic acids is 1. The molecule has 0 spiro atoms. The highest BCUT2D eigenvalue weighted by Gasteiger charge is 2.33. The smallest absolute Gasteiger partial charge is 0.240 e. The van der Waals surface area contributed by atoms with Gasteiger partial charge in [0, 0.05) is 25.0 Å². The first-order valence-corrected chi connectivity index (χ1v) is 10.8. The van der Waals surface area contributed by atoms with Crippen LogP contribution in [-0.4, -0.2) is 66.7 Å². The number of likely N-dealkylation sites (tertiary alicyclic amines) is 1. The second kappa shape index (κ2) is 9.03. The minimum Gasteiger partial charge on any atom is -0.496 e. The molecule has 2 aliphatic rings. The Morgan fingerprint density at radius 2 is 2.07 bits per heavy atom. The van der Waals surface area contributed by atoms with E-state index in [1.165, 1.54) is 0 Å². The van der Waals surface area contributed by atoms with Crippen LogP contribution in [0.1, 0.15) is 25.0 Å². The van der Waals surface area contributed by atoms with Crippen molar-refractivity contribution in [2.24, 2.45) is 0 Å². The van der Waals surface area contributed by atoms with Crippen molar-refractivity contribution >= 4 is 17.2 Å². The Hall–Kier alpha value is -1.96. The van der Waals surface area contributed by atoms with E-state index in [1.807, 2.05) is 29.2 Å². The SMILES string of the molecule is COc1ccccc1-c1nc(CN2CCCCC2C(=O)N2CCOCC2)cs1. The maximum absolute atomic E-state index is 13.1. The van der Waals surface area contributed by atoms with Gasteiger partial charge in [0.15, 0.2) is 0 Å². The monoisotopic (exact) mass is 401 g/mol. The number of nitrogens with zero attached hydrogens (tertiary/aromatic N) is 3. The van der Waals surface area contributed by atoms with Gasteiger partial charge >= 0.3 is 0 Å². The molecule has 2 fully saturated rings. The standard InChI is InChI=1S/C21H27N3O3S/c1-26-19-8-3-2-6-17(19)20-22-16(15-28-20)14-24-9-5-4-7-18(24)21(25)23-10-12-27-13-11-23/h2-3,6,8,15,18H,4-5,7,9-14H2,1H3. The lowest BCUT2D eigenvalue weighted by Gasteiger charge is -2.38. The van der Waals surface area contributed by atoms with E-state index in [2.05, 4.69) is 10.3 Å². The van der Waals surface area contributed by atoms with Crippen molar-refractivity contribution in [3.63, 3.8) is 0 Å². The second-order valence-corrected chi connectivity index (χ2v) is 8.12. The molecule has 0 radical (unpaired) electrons. The number of piperidine rings is 1. The van der Waals surface area contributed by atoms with E-state index in [1.54, 1.807) is 18.4 Å². The number of benzene rings is 1. The molecule has 7 heteroatoms. The van der Waals surface area contributed by atoms with Gasteiger partial charge in [-0.15, -0.1) is 11.3 Å². The van der Waals surface area contributed by atoms with Crippen LogP contribution in [0.4, 0.5) is 0 Å². The van der Waals surface area contributed by atoms with Crippen molar-refractivity contribution in [3.8, 4) is 16.3 Å². The lowest BCUT2D eigenvalue weighted by atomic mass is 10.0. The molecule has 0 aliphatic carbocycles. The Morgan fingerprint density at radius 3 is 2.89 bits per heavy atom. The molecule has 4 rings (SSSR count). The Labute approximate surface area is 170 Å². The van der Waals surface area contributed by atoms with E-state index in [0.717, 1.165) is 47.8 Å². The molecular formula is C21H27N3O3S. The van der Waals surface area contributed by atoms with Crippen LogP contribution in [-0.2, 0) is 16.1 Å². The first kappa shape index (κ1) is 19.4. The maximum atomic E-state index is 13.1. The molecule has 2 aliphatic heterocycles. The van der Waals surface area contributed by atoms with E-state index in [4.69, 9.17) is 14.5 Å². The minimum absolute atomic E-state index is 0.0386. The fraction of sp³-hybridized carbons (Fsp3) is 0.524. The van der Waals surface area contributed by atoms with Crippen LogP contribution in [0.5, 0.6) is 5.75 Å². The molecule has 1 aromatic carbocycles. The second-order valence-electron chi connectivity index (χ2n) is 7.26. The molecule has 0 N–H and O–H groups in total. The predicted octanol–water partition coefficient (Wildman–Crippen LogP) is 3.03. The van der Waals surface area contributed by atoms with Gasteiger partial charge in [-0.25, -0.2) is 4.98 Å². The highest BCUT2D eigenvalue weighted by Crippen LogP contribution is 2.32. The number of para-hydroxylation sites is 1. The number of hydrogen-bond acceptors (Lipinski definition) is 6. The van der Waals surface area contributed by atoms with Gasteiger partial charge in [0.2, 0.25) is 5.91 Å². The van der Waals surface area contributed by atoms with Gasteiger partial charge in [0.25, 0.3) is 0 Å². The number of ether oxygens (including phenoxy) is 2. The largest absolute Gasteiger partial charge is 0.496 e. The van der Waals surface area contributed by atoms with E-state index in [9.17, 15) is 4.79 Å². The molecule has 1 atom stereocenters. The first-order valence-electron chi connectivity index (χ1n) is 9.94. The average Bonchev–Trinajstić information content (AvgIpc) is 3.22. The minimum atomic E-state index is -0.0386. The van der Waals surface area contributed by atoms with Crippen LogP contribution >= 0.6 is 11.3 Å². The summed E-state index contributed by atoms with van der Waals surface area (Å²) in [6, 6.07) is 7.92. The van der Waals surface area contributed by atoms with Crippen molar-refractivity contribution in [2.45, 2.75) is 31.8 Å². The summed E-state index contributed by atoms with van der Waals surface area (Å²) in [6.45, 7) is 4.37. The number of morpholine rings is 1. The molecule has 1 aromatic heterocycles. The molecular weight excluding hydrogens is 374 g/mol. The third-order valence-corrected chi connectivity index (χ3v) is 6.40. The van der Waals surface area contributed by atoms with Crippen molar-refractivity contribution < 1.29 is 14.3 Å². The molecule has 6 nitrogen and oxygen atoms in total. The zero-order valence-corrected chi connectivity index (χ0v) is 17.1. The summed E-state index contributed by atoms with van der Waals surface area (Å²) in [7, 11) is 1.68. The number of hydrogen-bond donors (Lipinski definition) is 0. The summed E-state index contributed by atoms with van der Waals surface area (Å²) >= 11 is 1.63. The number of carbonyl (C=O) groups is 1. The third kappa shape index (κ3) is 4.21. The number of amides is 1. The summed E-state index contributed by atoms with van der Waals surface area (Å²) in [6.07, 6.45) is 3.18. The summed E-state index contributed by atoms with van der Waals surface area (Å²) < 4.78 is 10.9. The molecule has 0 saturated carbocycles. The summed E-state index contributed by atoms with van der Waals surface area (Å²) in [5, 5.41) is 3.06. The summed E-state index contributed by atoms with van der Waals surface area (Å²) in [5.41, 5.74) is 2.04. The summed E-state index contributed by atoms with van der Waals surface area (Å²) in [4.78, 5) is 22.2. The first-order chi connectivity index (χ1) is 13.8. The van der Waals surface area contributed by atoms with Crippen LogP contribution < -0.4 is 4.74 Å². The molecule has 1 amide bonds. The van der Waals surface area contributed by atoms with Crippen molar-refractivity contribution in [1.29, 1.82) is 0 Å². The molecule has 2 aromatic rings. The zero-order chi connectivity index (χ0) is 19.3. The van der Waals surface area contributed by atoms with Crippen molar-refractivity contribution in [1.82, 2.24) is 14.8 Å². The van der Waals surface area contributed by atoms with E-state index in [-0.39, 0.29) is 11.9 Å². The van der Waals surface area contributed by atoms with Crippen molar-refractivity contribution in [3.05, 3.63) is 35.3 Å². The molecule has 0 bridgehead atoms. The van der Waals surface area contributed by atoms with Gasteiger partial charge < -0.3 is 14.4 Å². The van der Waals surface area contributed by atoms with Crippen LogP contribution in [0.25, 0.3) is 10.6 Å². The molecule has 150 valence electrons. The van der Waals surface area contributed by atoms with E-state index >= 15 is 0 Å². The third-order valence-electron chi connectivity index (χ3n) is 5.48. The molecule has 2 saturated heterocycles. The number of rotatable bonds is 5. The maximum Gasteiger partial charge on any atom is 0.240 e. The highest BCUT2D eigenvalue weighted by atomic mass is 32.1. The number of methoxy groups -OCH3 is 1. The Kier molecular flexibility index (Phi) is 6.24. The topological polar surface area (TPSA) is 54.9 Å². The Bertz CT molecular complexity index is 804. The van der Waals surface area contributed by atoms with Crippen LogP contribution in [0.3, 0.4) is 0 Å². The zero-order valence-electron chi connectivity index (χ0n) is 16.3. The number of thiazole rings is 1. The van der Waals surface area contributed by atoms with Crippen LogP contribution in [0.2, 0.25) is 0 Å². The Balaban J connectivity index is 1.48. The van der Waals surface area contributed by atoms with E-state index < -0.39 is 0 Å². The van der Waals surface area contributed by atoms with E-state index in [0.29, 0.717) is 32.8 Å². The van der Waals surface area contributed by atoms with Gasteiger partial charge in [-0.3, -0.25) is 9.69 Å². The Morgan fingerprint density at radius 1 is 1.25 bits per heavy atom. The predicted molar refractivity (Wildman–Crippen MR) is 110 cm³/mol. The molecule has 28 heavy (non-hydrogen) atoms. The lowest BCUT2D eigenvalue weighted by Crippen LogP contribution is -2.53. The van der Waals surface area contributed by atoms with Gasteiger partial charge in [0.05, 0.1) is 37.6 Å². The fourth-order valence-corrected chi connectivity index (χ4v) is 4.83. The molecule has 1 unspecified atom stereocenters.